The van der Waals surface area contributed by atoms with E-state index >= 15 is 0 Å². The molecule has 26 heavy (non-hydrogen) atoms. The van der Waals surface area contributed by atoms with Crippen LogP contribution in [0.4, 0.5) is 4.79 Å². The lowest BCUT2D eigenvalue weighted by atomic mass is 10.0. The molecule has 1 aromatic heterocycles. The molecule has 2 unspecified atom stereocenters. The molecule has 1 aliphatic heterocycles. The van der Waals surface area contributed by atoms with Crippen LogP contribution in [0.5, 0.6) is 0 Å². The minimum Gasteiger partial charge on any atom is -0.335 e. The van der Waals surface area contributed by atoms with Gasteiger partial charge in [-0.25, -0.2) is 4.79 Å². The van der Waals surface area contributed by atoms with E-state index in [0.717, 1.165) is 38.9 Å². The maximum Gasteiger partial charge on any atom is 0.315 e. The molecule has 0 bridgehead atoms. The summed E-state index contributed by atoms with van der Waals surface area (Å²) in [6, 6.07) is 15.1. The first-order valence-electron chi connectivity index (χ1n) is 9.51. The van der Waals surface area contributed by atoms with E-state index in [2.05, 4.69) is 56.9 Å². The highest BCUT2D eigenvalue weighted by atomic mass is 16.2. The van der Waals surface area contributed by atoms with Gasteiger partial charge in [0.1, 0.15) is 0 Å². The molecule has 2 atom stereocenters. The van der Waals surface area contributed by atoms with Crippen LogP contribution >= 0.6 is 0 Å². The van der Waals surface area contributed by atoms with Crippen molar-refractivity contribution in [3.05, 3.63) is 66.0 Å². The summed E-state index contributed by atoms with van der Waals surface area (Å²) in [5.41, 5.74) is 2.62. The van der Waals surface area contributed by atoms with Crippen LogP contribution in [0, 0.1) is 0 Å². The monoisotopic (exact) mass is 350 g/mol. The molecular formula is C21H26N4O. The van der Waals surface area contributed by atoms with Crippen molar-refractivity contribution >= 4 is 6.03 Å². The molecule has 1 aliphatic carbocycles. The third-order valence-electron chi connectivity index (χ3n) is 5.41. The lowest BCUT2D eigenvalue weighted by Gasteiger charge is -2.32. The zero-order valence-electron chi connectivity index (χ0n) is 15.0. The van der Waals surface area contributed by atoms with E-state index in [1.165, 1.54) is 11.1 Å². The predicted octanol–water partition coefficient (Wildman–Crippen LogP) is 2.90. The molecule has 2 heterocycles. The number of aromatic nitrogens is 1. The Morgan fingerprint density at radius 3 is 2.50 bits per heavy atom. The number of rotatable bonds is 5. The number of amides is 2. The van der Waals surface area contributed by atoms with Gasteiger partial charge in [0.05, 0.1) is 0 Å². The number of carbonyl (C=O) groups excluding carboxylic acids is 1. The molecule has 5 nitrogen and oxygen atoms in total. The van der Waals surface area contributed by atoms with Crippen LogP contribution in [-0.4, -0.2) is 41.1 Å². The van der Waals surface area contributed by atoms with E-state index < -0.39 is 0 Å². The van der Waals surface area contributed by atoms with Gasteiger partial charge in [-0.1, -0.05) is 30.3 Å². The Kier molecular flexibility index (Phi) is 5.16. The Labute approximate surface area is 154 Å². The zero-order chi connectivity index (χ0) is 17.8. The van der Waals surface area contributed by atoms with Gasteiger partial charge in [0, 0.05) is 50.0 Å². The van der Waals surface area contributed by atoms with E-state index in [9.17, 15) is 4.79 Å². The minimum atomic E-state index is -0.0129. The van der Waals surface area contributed by atoms with Crippen LogP contribution in [-0.2, 0) is 6.54 Å². The fraction of sp³-hybridized carbons (Fsp3) is 0.429. The first-order chi connectivity index (χ1) is 12.8. The summed E-state index contributed by atoms with van der Waals surface area (Å²) in [6.45, 7) is 2.99. The fourth-order valence-electron chi connectivity index (χ4n) is 3.80. The first kappa shape index (κ1) is 17.0. The maximum atomic E-state index is 12.3. The van der Waals surface area contributed by atoms with Gasteiger partial charge >= 0.3 is 6.03 Å². The number of hydrogen-bond donors (Lipinski definition) is 2. The predicted molar refractivity (Wildman–Crippen MR) is 102 cm³/mol. The van der Waals surface area contributed by atoms with E-state index in [0.29, 0.717) is 5.92 Å². The lowest BCUT2D eigenvalue weighted by Crippen LogP contribution is -2.48. The van der Waals surface area contributed by atoms with Crippen molar-refractivity contribution in [2.75, 3.05) is 13.1 Å². The summed E-state index contributed by atoms with van der Waals surface area (Å²) in [7, 11) is 0. The third-order valence-corrected chi connectivity index (χ3v) is 5.41. The smallest absolute Gasteiger partial charge is 0.315 e. The fourth-order valence-corrected chi connectivity index (χ4v) is 3.80. The van der Waals surface area contributed by atoms with Gasteiger partial charge in [-0.3, -0.25) is 9.88 Å². The van der Waals surface area contributed by atoms with Crippen LogP contribution in [0.2, 0.25) is 0 Å². The van der Waals surface area contributed by atoms with Crippen LogP contribution in [0.3, 0.4) is 0 Å². The second kappa shape index (κ2) is 7.87. The van der Waals surface area contributed by atoms with Gasteiger partial charge < -0.3 is 10.6 Å². The van der Waals surface area contributed by atoms with Gasteiger partial charge in [0.15, 0.2) is 0 Å². The SMILES string of the molecule is O=C(NC1CCN(Cc2ccncc2)CC1)NC1CC1c1ccccc1. The normalized spacial score (nSPS) is 23.4. The van der Waals surface area contributed by atoms with E-state index in [4.69, 9.17) is 0 Å². The number of urea groups is 1. The van der Waals surface area contributed by atoms with Crippen molar-refractivity contribution in [3.63, 3.8) is 0 Å². The Morgan fingerprint density at radius 1 is 1.04 bits per heavy atom. The van der Waals surface area contributed by atoms with Gasteiger partial charge in [0.25, 0.3) is 0 Å². The third kappa shape index (κ3) is 4.41. The van der Waals surface area contributed by atoms with Crippen molar-refractivity contribution < 1.29 is 4.79 Å². The number of likely N-dealkylation sites (tertiary alicyclic amines) is 1. The molecule has 1 saturated heterocycles. The van der Waals surface area contributed by atoms with Gasteiger partial charge in [-0.05, 0) is 42.5 Å². The topological polar surface area (TPSA) is 57.3 Å². The molecule has 2 fully saturated rings. The molecule has 1 saturated carbocycles. The minimum absolute atomic E-state index is 0.0129. The molecule has 0 radical (unpaired) electrons. The number of pyridine rings is 1. The molecule has 4 rings (SSSR count). The molecule has 2 aromatic rings. The molecule has 2 amide bonds. The standard InChI is InChI=1S/C21H26N4O/c26-21(24-20-14-19(20)17-4-2-1-3-5-17)23-18-8-12-25(13-9-18)15-16-6-10-22-11-7-16/h1-7,10-11,18-20H,8-9,12-15H2,(H2,23,24,26). The quantitative estimate of drug-likeness (QED) is 0.872. The number of nitrogens with zero attached hydrogens (tertiary/aromatic N) is 2. The summed E-state index contributed by atoms with van der Waals surface area (Å²) >= 11 is 0. The maximum absolute atomic E-state index is 12.3. The molecule has 1 aromatic carbocycles. The number of hydrogen-bond acceptors (Lipinski definition) is 3. The van der Waals surface area contributed by atoms with Crippen molar-refractivity contribution in [2.24, 2.45) is 0 Å². The average Bonchev–Trinajstić information content (AvgIpc) is 3.44. The van der Waals surface area contributed by atoms with Crippen LogP contribution in [0.1, 0.15) is 36.3 Å². The number of nitrogens with one attached hydrogen (secondary N) is 2. The van der Waals surface area contributed by atoms with Crippen molar-refractivity contribution in [2.45, 2.75) is 43.8 Å². The Hall–Kier alpha value is -2.40. The summed E-state index contributed by atoms with van der Waals surface area (Å²) in [6.07, 6.45) is 6.74. The van der Waals surface area contributed by atoms with Crippen LogP contribution in [0.25, 0.3) is 0 Å². The van der Waals surface area contributed by atoms with Gasteiger partial charge in [0.2, 0.25) is 0 Å². The molecular weight excluding hydrogens is 324 g/mol. The first-order valence-corrected chi connectivity index (χ1v) is 9.51. The van der Waals surface area contributed by atoms with Gasteiger partial charge in [-0.2, -0.15) is 0 Å². The molecule has 2 aliphatic rings. The molecule has 5 heteroatoms. The highest BCUT2D eigenvalue weighted by Crippen LogP contribution is 2.40. The Bertz CT molecular complexity index is 713. The second-order valence-electron chi connectivity index (χ2n) is 7.38. The average molecular weight is 350 g/mol. The van der Waals surface area contributed by atoms with E-state index in [1.807, 2.05) is 18.5 Å². The summed E-state index contributed by atoms with van der Waals surface area (Å²) in [5.74, 6) is 0.476. The largest absolute Gasteiger partial charge is 0.335 e. The van der Waals surface area contributed by atoms with Crippen molar-refractivity contribution in [1.82, 2.24) is 20.5 Å². The van der Waals surface area contributed by atoms with E-state index in [1.54, 1.807) is 0 Å². The number of carbonyl (C=O) groups is 1. The Morgan fingerprint density at radius 2 is 1.77 bits per heavy atom. The van der Waals surface area contributed by atoms with Crippen molar-refractivity contribution in [1.29, 1.82) is 0 Å². The van der Waals surface area contributed by atoms with Crippen LogP contribution < -0.4 is 10.6 Å². The summed E-state index contributed by atoms with van der Waals surface area (Å²) in [5, 5.41) is 6.29. The zero-order valence-corrected chi connectivity index (χ0v) is 15.0. The second-order valence-corrected chi connectivity index (χ2v) is 7.38. The highest BCUT2D eigenvalue weighted by Gasteiger charge is 2.39. The highest BCUT2D eigenvalue weighted by molar-refractivity contribution is 5.75. The lowest BCUT2D eigenvalue weighted by molar-refractivity contribution is 0.186. The molecule has 2 N–H and O–H groups in total. The number of benzene rings is 1. The molecule has 136 valence electrons. The summed E-state index contributed by atoms with van der Waals surface area (Å²) < 4.78 is 0. The van der Waals surface area contributed by atoms with E-state index in [-0.39, 0.29) is 18.1 Å². The summed E-state index contributed by atoms with van der Waals surface area (Å²) in [4.78, 5) is 18.8. The Balaban J connectivity index is 1.17. The van der Waals surface area contributed by atoms with Gasteiger partial charge in [-0.15, -0.1) is 0 Å². The number of piperidine rings is 1. The molecule has 0 spiro atoms. The van der Waals surface area contributed by atoms with Crippen LogP contribution in [0.15, 0.2) is 54.9 Å². The van der Waals surface area contributed by atoms with Crippen molar-refractivity contribution in [3.8, 4) is 0 Å².